The van der Waals surface area contributed by atoms with Crippen molar-refractivity contribution >= 4 is 33.6 Å². The van der Waals surface area contributed by atoms with Gasteiger partial charge < -0.3 is 10.4 Å². The van der Waals surface area contributed by atoms with Gasteiger partial charge in [-0.15, -0.1) is 0 Å². The zero-order valence-electron chi connectivity index (χ0n) is 9.68. The number of nitrogens with zero attached hydrogens (tertiary/aromatic N) is 1. The largest absolute Gasteiger partial charge is 0.395 e. The number of carbonyl (C=O) groups is 1. The molecule has 6 heteroatoms. The van der Waals surface area contributed by atoms with E-state index in [2.05, 4.69) is 26.2 Å². The average Bonchev–Trinajstić information content (AvgIpc) is 2.31. The van der Waals surface area contributed by atoms with Crippen LogP contribution in [0.25, 0.3) is 0 Å². The van der Waals surface area contributed by atoms with Gasteiger partial charge in [0.15, 0.2) is 0 Å². The number of nitrogens with one attached hydrogen (secondary N) is 1. The molecule has 1 amide bonds. The molecule has 0 saturated carbocycles. The van der Waals surface area contributed by atoms with Crippen molar-refractivity contribution in [2.24, 2.45) is 0 Å². The summed E-state index contributed by atoms with van der Waals surface area (Å²) in [5.41, 5.74) is 0.512. The zero-order chi connectivity index (χ0) is 12.8. The van der Waals surface area contributed by atoms with Crippen LogP contribution in [0.1, 0.15) is 17.3 Å². The van der Waals surface area contributed by atoms with Gasteiger partial charge in [-0.1, -0.05) is 0 Å². The normalized spacial score (nSPS) is 14.1. The summed E-state index contributed by atoms with van der Waals surface area (Å²) in [6.07, 6.45) is 3.42. The van der Waals surface area contributed by atoms with Crippen molar-refractivity contribution in [3.05, 3.63) is 28.5 Å². The van der Waals surface area contributed by atoms with Gasteiger partial charge in [0.05, 0.1) is 12.2 Å². The number of aliphatic hydroxyl groups is 1. The maximum absolute atomic E-state index is 11.8. The Labute approximate surface area is 113 Å². The van der Waals surface area contributed by atoms with Crippen molar-refractivity contribution in [3.63, 3.8) is 0 Å². The number of halogens is 1. The summed E-state index contributed by atoms with van der Waals surface area (Å²) in [6, 6.07) is 3.33. The standard InChI is InChI=1S/C11H15BrN2O2S/c1-7(9(6-15)17-2)14-11(16)8-3-4-10(12)13-5-8/h3-5,7,9,15H,6H2,1-2H3,(H,14,16). The molecule has 2 N–H and O–H groups in total. The average molecular weight is 319 g/mol. The fraction of sp³-hybridized carbons (Fsp3) is 0.455. The van der Waals surface area contributed by atoms with Gasteiger partial charge in [0.1, 0.15) is 4.60 Å². The molecule has 1 heterocycles. The lowest BCUT2D eigenvalue weighted by molar-refractivity contribution is 0.0935. The van der Waals surface area contributed by atoms with Crippen molar-refractivity contribution in [1.29, 1.82) is 0 Å². The fourth-order valence-corrected chi connectivity index (χ4v) is 2.19. The summed E-state index contributed by atoms with van der Waals surface area (Å²) in [5.74, 6) is -0.176. The number of carbonyl (C=O) groups excluding carboxylic acids is 1. The monoisotopic (exact) mass is 318 g/mol. The summed E-state index contributed by atoms with van der Waals surface area (Å²) in [4.78, 5) is 15.8. The first kappa shape index (κ1) is 14.5. The van der Waals surface area contributed by atoms with Gasteiger partial charge in [-0.05, 0) is 41.2 Å². The Morgan fingerprint density at radius 3 is 2.82 bits per heavy atom. The Hall–Kier alpha value is -0.590. The lowest BCUT2D eigenvalue weighted by Crippen LogP contribution is -2.41. The van der Waals surface area contributed by atoms with E-state index >= 15 is 0 Å². The van der Waals surface area contributed by atoms with Crippen LogP contribution in [0.2, 0.25) is 0 Å². The van der Waals surface area contributed by atoms with Crippen molar-refractivity contribution < 1.29 is 9.90 Å². The SMILES string of the molecule is CSC(CO)C(C)NC(=O)c1ccc(Br)nc1. The molecule has 2 atom stereocenters. The van der Waals surface area contributed by atoms with E-state index in [4.69, 9.17) is 5.11 Å². The second-order valence-electron chi connectivity index (χ2n) is 3.59. The Morgan fingerprint density at radius 2 is 2.35 bits per heavy atom. The molecule has 1 aromatic rings. The number of amides is 1. The first-order valence-electron chi connectivity index (χ1n) is 5.14. The number of aliphatic hydroxyl groups excluding tert-OH is 1. The first-order chi connectivity index (χ1) is 8.08. The first-order valence-corrected chi connectivity index (χ1v) is 7.22. The molecule has 1 aromatic heterocycles. The van der Waals surface area contributed by atoms with Crippen molar-refractivity contribution in [2.75, 3.05) is 12.9 Å². The van der Waals surface area contributed by atoms with Crippen LogP contribution in [0.3, 0.4) is 0 Å². The molecule has 1 rings (SSSR count). The molecular formula is C11H15BrN2O2S. The molecule has 4 nitrogen and oxygen atoms in total. The number of rotatable bonds is 5. The van der Waals surface area contributed by atoms with Crippen LogP contribution in [-0.2, 0) is 0 Å². The van der Waals surface area contributed by atoms with Crippen LogP contribution in [0.5, 0.6) is 0 Å². The summed E-state index contributed by atoms with van der Waals surface area (Å²) in [6.45, 7) is 1.92. The van der Waals surface area contributed by atoms with E-state index in [0.717, 1.165) is 0 Å². The molecular weight excluding hydrogens is 304 g/mol. The van der Waals surface area contributed by atoms with E-state index in [1.807, 2.05) is 13.2 Å². The number of pyridine rings is 1. The molecule has 17 heavy (non-hydrogen) atoms. The topological polar surface area (TPSA) is 62.2 Å². The Bertz CT molecular complexity index is 368. The van der Waals surface area contributed by atoms with E-state index in [1.54, 1.807) is 12.1 Å². The van der Waals surface area contributed by atoms with Gasteiger partial charge in [0.25, 0.3) is 5.91 Å². The second-order valence-corrected chi connectivity index (χ2v) is 5.48. The molecule has 0 saturated heterocycles. The molecule has 94 valence electrons. The highest BCUT2D eigenvalue weighted by atomic mass is 79.9. The summed E-state index contributed by atoms with van der Waals surface area (Å²) in [5, 5.41) is 12.0. The maximum Gasteiger partial charge on any atom is 0.253 e. The van der Waals surface area contributed by atoms with Gasteiger partial charge in [-0.25, -0.2) is 4.98 Å². The molecule has 0 radical (unpaired) electrons. The predicted molar refractivity (Wildman–Crippen MR) is 73.3 cm³/mol. The number of aromatic nitrogens is 1. The smallest absolute Gasteiger partial charge is 0.253 e. The molecule has 0 aliphatic rings. The summed E-state index contributed by atoms with van der Waals surface area (Å²) >= 11 is 4.74. The molecule has 0 fully saturated rings. The van der Waals surface area contributed by atoms with Gasteiger partial charge in [-0.3, -0.25) is 4.79 Å². The predicted octanol–water partition coefficient (Wildman–Crippen LogP) is 1.69. The number of hydrogen-bond acceptors (Lipinski definition) is 4. The van der Waals surface area contributed by atoms with Crippen LogP contribution in [-0.4, -0.2) is 40.2 Å². The van der Waals surface area contributed by atoms with Crippen LogP contribution in [0.4, 0.5) is 0 Å². The van der Waals surface area contributed by atoms with Crippen LogP contribution < -0.4 is 5.32 Å². The minimum Gasteiger partial charge on any atom is -0.395 e. The molecule has 0 bridgehead atoms. The van der Waals surface area contributed by atoms with Gasteiger partial charge in [-0.2, -0.15) is 11.8 Å². The molecule has 2 unspecified atom stereocenters. The third kappa shape index (κ3) is 4.29. The highest BCUT2D eigenvalue weighted by Crippen LogP contribution is 2.11. The fourth-order valence-electron chi connectivity index (χ4n) is 1.33. The lowest BCUT2D eigenvalue weighted by Gasteiger charge is -2.21. The van der Waals surface area contributed by atoms with E-state index in [9.17, 15) is 4.79 Å². The van der Waals surface area contributed by atoms with Crippen LogP contribution in [0, 0.1) is 0 Å². The maximum atomic E-state index is 11.8. The second kappa shape index (κ2) is 6.98. The minimum absolute atomic E-state index is 0.00218. The quantitative estimate of drug-likeness (QED) is 0.811. The van der Waals surface area contributed by atoms with Gasteiger partial charge >= 0.3 is 0 Å². The third-order valence-corrected chi connectivity index (χ3v) is 4.02. The lowest BCUT2D eigenvalue weighted by atomic mass is 10.2. The Morgan fingerprint density at radius 1 is 1.65 bits per heavy atom. The van der Waals surface area contributed by atoms with Crippen molar-refractivity contribution in [1.82, 2.24) is 10.3 Å². The van der Waals surface area contributed by atoms with Crippen LogP contribution in [0.15, 0.2) is 22.9 Å². The highest BCUT2D eigenvalue weighted by molar-refractivity contribution is 9.10. The minimum atomic E-state index is -0.176. The number of hydrogen-bond donors (Lipinski definition) is 2. The molecule has 0 aliphatic carbocycles. The molecule has 0 aliphatic heterocycles. The highest BCUT2D eigenvalue weighted by Gasteiger charge is 2.18. The van der Waals surface area contributed by atoms with E-state index in [0.29, 0.717) is 10.2 Å². The summed E-state index contributed by atoms with van der Waals surface area (Å²) in [7, 11) is 0. The van der Waals surface area contributed by atoms with E-state index < -0.39 is 0 Å². The molecule has 0 aromatic carbocycles. The Balaban J connectivity index is 2.62. The van der Waals surface area contributed by atoms with Gasteiger partial charge in [0, 0.05) is 17.5 Å². The Kier molecular flexibility index (Phi) is 5.94. The summed E-state index contributed by atoms with van der Waals surface area (Å²) < 4.78 is 0.694. The van der Waals surface area contributed by atoms with Crippen molar-refractivity contribution in [3.8, 4) is 0 Å². The van der Waals surface area contributed by atoms with Gasteiger partial charge in [0.2, 0.25) is 0 Å². The van der Waals surface area contributed by atoms with E-state index in [-0.39, 0.29) is 23.8 Å². The van der Waals surface area contributed by atoms with Crippen molar-refractivity contribution in [2.45, 2.75) is 18.2 Å². The van der Waals surface area contributed by atoms with Crippen LogP contribution >= 0.6 is 27.7 Å². The zero-order valence-corrected chi connectivity index (χ0v) is 12.1. The van der Waals surface area contributed by atoms with E-state index in [1.165, 1.54) is 18.0 Å². The molecule has 0 spiro atoms. The number of thioether (sulfide) groups is 1. The third-order valence-electron chi connectivity index (χ3n) is 2.39.